The highest BCUT2D eigenvalue weighted by molar-refractivity contribution is 5.91. The molecule has 2 rings (SSSR count). The summed E-state index contributed by atoms with van der Waals surface area (Å²) < 4.78 is 15.9. The summed E-state index contributed by atoms with van der Waals surface area (Å²) in [4.78, 5) is 23.7. The molecule has 0 spiro atoms. The van der Waals surface area contributed by atoms with E-state index in [0.29, 0.717) is 22.7 Å². The van der Waals surface area contributed by atoms with Gasteiger partial charge in [0.15, 0.2) is 18.1 Å². The number of ether oxygens (including phenoxy) is 3. The molecule has 0 aliphatic rings. The molecule has 2 aromatic rings. The first-order valence-corrected chi connectivity index (χ1v) is 9.26. The monoisotopic (exact) mass is 411 g/mol. The third-order valence-electron chi connectivity index (χ3n) is 3.63. The fourth-order valence-corrected chi connectivity index (χ4v) is 2.35. The molecule has 7 heteroatoms. The van der Waals surface area contributed by atoms with Crippen molar-refractivity contribution in [2.24, 2.45) is 0 Å². The van der Waals surface area contributed by atoms with Crippen LogP contribution < -0.4 is 14.8 Å². The van der Waals surface area contributed by atoms with Crippen molar-refractivity contribution in [3.8, 4) is 23.3 Å². The fraction of sp³-hybridized carbons (Fsp3) is 0.304. The zero-order chi connectivity index (χ0) is 22.1. The second kappa shape index (κ2) is 10.3. The van der Waals surface area contributed by atoms with Crippen molar-refractivity contribution in [3.63, 3.8) is 0 Å². The number of hydrogen-bond acceptors (Lipinski definition) is 6. The van der Waals surface area contributed by atoms with E-state index in [1.807, 2.05) is 18.2 Å². The number of anilines is 1. The van der Waals surface area contributed by atoms with Gasteiger partial charge in [0, 0.05) is 11.6 Å². The molecule has 1 atom stereocenters. The van der Waals surface area contributed by atoms with Crippen LogP contribution in [0.2, 0.25) is 0 Å². The van der Waals surface area contributed by atoms with E-state index in [0.717, 1.165) is 0 Å². The van der Waals surface area contributed by atoms with E-state index in [1.54, 1.807) is 45.0 Å². The van der Waals surface area contributed by atoms with Crippen LogP contribution in [0.25, 0.3) is 0 Å². The van der Waals surface area contributed by atoms with Gasteiger partial charge >= 0.3 is 5.97 Å². The molecular weight excluding hydrogens is 386 g/mol. The van der Waals surface area contributed by atoms with Crippen molar-refractivity contribution >= 4 is 17.6 Å². The highest BCUT2D eigenvalue weighted by Crippen LogP contribution is 2.30. The molecule has 30 heavy (non-hydrogen) atoms. The molecule has 2 aromatic carbocycles. The summed E-state index contributed by atoms with van der Waals surface area (Å²) in [7, 11) is 1.44. The van der Waals surface area contributed by atoms with Gasteiger partial charge in [-0.05, 0) is 50.6 Å². The average Bonchev–Trinajstić information content (AvgIpc) is 2.69. The SMILES string of the molecule is COc1cc(C(O)C#CC(=O)OC(C)(C)C)ccc1OCC(=O)Nc1ccccc1. The molecule has 0 saturated carbocycles. The van der Waals surface area contributed by atoms with Gasteiger partial charge in [-0.1, -0.05) is 30.2 Å². The van der Waals surface area contributed by atoms with Crippen LogP contribution in [-0.2, 0) is 14.3 Å². The van der Waals surface area contributed by atoms with Crippen LogP contribution >= 0.6 is 0 Å². The van der Waals surface area contributed by atoms with E-state index in [4.69, 9.17) is 14.2 Å². The molecule has 1 amide bonds. The summed E-state index contributed by atoms with van der Waals surface area (Å²) >= 11 is 0. The number of esters is 1. The van der Waals surface area contributed by atoms with Crippen LogP contribution in [0.3, 0.4) is 0 Å². The Balaban J connectivity index is 2.00. The minimum absolute atomic E-state index is 0.217. The maximum absolute atomic E-state index is 12.0. The molecule has 0 aliphatic heterocycles. The second-order valence-corrected chi connectivity index (χ2v) is 7.29. The maximum atomic E-state index is 12.0. The Bertz CT molecular complexity index is 938. The van der Waals surface area contributed by atoms with Gasteiger partial charge in [0.25, 0.3) is 5.91 Å². The van der Waals surface area contributed by atoms with Gasteiger partial charge in [-0.3, -0.25) is 4.79 Å². The Labute approximate surface area is 176 Å². The number of aliphatic hydroxyl groups is 1. The lowest BCUT2D eigenvalue weighted by Gasteiger charge is -2.17. The number of carbonyl (C=O) groups is 2. The molecule has 2 N–H and O–H groups in total. The van der Waals surface area contributed by atoms with Crippen LogP contribution in [0.15, 0.2) is 48.5 Å². The van der Waals surface area contributed by atoms with E-state index >= 15 is 0 Å². The van der Waals surface area contributed by atoms with Crippen LogP contribution in [0.4, 0.5) is 5.69 Å². The molecule has 0 aliphatic carbocycles. The van der Waals surface area contributed by atoms with Gasteiger partial charge in [-0.15, -0.1) is 0 Å². The fourth-order valence-electron chi connectivity index (χ4n) is 2.35. The molecular formula is C23H25NO6. The first-order valence-electron chi connectivity index (χ1n) is 9.26. The predicted molar refractivity (Wildman–Crippen MR) is 112 cm³/mol. The Morgan fingerprint density at radius 1 is 1.10 bits per heavy atom. The van der Waals surface area contributed by atoms with E-state index in [1.165, 1.54) is 13.2 Å². The molecule has 0 heterocycles. The number of hydrogen-bond donors (Lipinski definition) is 2. The minimum atomic E-state index is -1.22. The van der Waals surface area contributed by atoms with Gasteiger partial charge in [-0.2, -0.15) is 0 Å². The van der Waals surface area contributed by atoms with Crippen LogP contribution in [0.5, 0.6) is 11.5 Å². The number of methoxy groups -OCH3 is 1. The smallest absolute Gasteiger partial charge is 0.384 e. The summed E-state index contributed by atoms with van der Waals surface area (Å²) in [6.45, 7) is 4.97. The van der Waals surface area contributed by atoms with Gasteiger partial charge < -0.3 is 24.6 Å². The molecule has 0 fully saturated rings. The van der Waals surface area contributed by atoms with Crippen molar-refractivity contribution in [2.75, 3.05) is 19.0 Å². The summed E-state index contributed by atoms with van der Waals surface area (Å²) in [6.07, 6.45) is -1.22. The molecule has 0 bridgehead atoms. The molecule has 0 radical (unpaired) electrons. The van der Waals surface area contributed by atoms with Crippen LogP contribution in [0.1, 0.15) is 32.4 Å². The molecule has 7 nitrogen and oxygen atoms in total. The van der Waals surface area contributed by atoms with Gasteiger partial charge in [0.05, 0.1) is 7.11 Å². The standard InChI is InChI=1S/C23H25NO6/c1-23(2,3)30-22(27)13-11-18(25)16-10-12-19(20(14-16)28-4)29-15-21(26)24-17-8-6-5-7-9-17/h5-10,12,14,18,25H,15H2,1-4H3,(H,24,26). The zero-order valence-corrected chi connectivity index (χ0v) is 17.4. The first kappa shape index (κ1) is 22.8. The first-order chi connectivity index (χ1) is 14.2. The van der Waals surface area contributed by atoms with E-state index < -0.39 is 17.7 Å². The lowest BCUT2D eigenvalue weighted by molar-refractivity contribution is -0.147. The third kappa shape index (κ3) is 7.49. The Morgan fingerprint density at radius 2 is 1.80 bits per heavy atom. The van der Waals surface area contributed by atoms with Crippen LogP contribution in [0, 0.1) is 11.8 Å². The lowest BCUT2D eigenvalue weighted by Crippen LogP contribution is -2.22. The highest BCUT2D eigenvalue weighted by Gasteiger charge is 2.15. The molecule has 0 aromatic heterocycles. The molecule has 0 saturated heterocycles. The van der Waals surface area contributed by atoms with Gasteiger partial charge in [-0.25, -0.2) is 4.79 Å². The number of nitrogens with one attached hydrogen (secondary N) is 1. The molecule has 1 unspecified atom stereocenters. The summed E-state index contributed by atoms with van der Waals surface area (Å²) in [5.41, 5.74) is 0.412. The van der Waals surface area contributed by atoms with Crippen molar-refractivity contribution in [3.05, 3.63) is 54.1 Å². The summed E-state index contributed by atoms with van der Waals surface area (Å²) in [5.74, 6) is 4.31. The zero-order valence-electron chi connectivity index (χ0n) is 17.4. The lowest BCUT2D eigenvalue weighted by atomic mass is 10.1. The van der Waals surface area contributed by atoms with E-state index in [2.05, 4.69) is 17.2 Å². The Morgan fingerprint density at radius 3 is 2.43 bits per heavy atom. The number of para-hydroxylation sites is 1. The van der Waals surface area contributed by atoms with Crippen molar-refractivity contribution in [2.45, 2.75) is 32.5 Å². The Kier molecular flexibility index (Phi) is 7.84. The number of amides is 1. The number of aliphatic hydroxyl groups excluding tert-OH is 1. The van der Waals surface area contributed by atoms with Gasteiger partial charge in [0.2, 0.25) is 0 Å². The minimum Gasteiger partial charge on any atom is -0.493 e. The van der Waals surface area contributed by atoms with E-state index in [-0.39, 0.29) is 12.5 Å². The number of benzene rings is 2. The number of rotatable bonds is 6. The van der Waals surface area contributed by atoms with E-state index in [9.17, 15) is 14.7 Å². The maximum Gasteiger partial charge on any atom is 0.384 e. The van der Waals surface area contributed by atoms with Gasteiger partial charge in [0.1, 0.15) is 11.7 Å². The largest absolute Gasteiger partial charge is 0.493 e. The van der Waals surface area contributed by atoms with Crippen molar-refractivity contribution in [1.29, 1.82) is 0 Å². The summed E-state index contributed by atoms with van der Waals surface area (Å²) in [6, 6.07) is 13.7. The topological polar surface area (TPSA) is 94.1 Å². The predicted octanol–water partition coefficient (Wildman–Crippen LogP) is 3.09. The number of carbonyl (C=O) groups excluding carboxylic acids is 2. The molecule has 158 valence electrons. The van der Waals surface area contributed by atoms with Crippen molar-refractivity contribution in [1.82, 2.24) is 0 Å². The third-order valence-corrected chi connectivity index (χ3v) is 3.63. The van der Waals surface area contributed by atoms with Crippen LogP contribution in [-0.4, -0.2) is 36.3 Å². The Hall–Kier alpha value is -3.50. The van der Waals surface area contributed by atoms with Crippen molar-refractivity contribution < 1.29 is 28.9 Å². The second-order valence-electron chi connectivity index (χ2n) is 7.29. The highest BCUT2D eigenvalue weighted by atomic mass is 16.6. The average molecular weight is 411 g/mol. The summed E-state index contributed by atoms with van der Waals surface area (Å²) in [5, 5.41) is 12.9. The normalized spacial score (nSPS) is 11.5. The quantitative estimate of drug-likeness (QED) is 0.431.